The van der Waals surface area contributed by atoms with Gasteiger partial charge in [0.15, 0.2) is 0 Å². The van der Waals surface area contributed by atoms with E-state index in [1.165, 1.54) is 42.3 Å². The van der Waals surface area contributed by atoms with Crippen molar-refractivity contribution in [3.05, 3.63) is 15.6 Å². The normalized spacial score (nSPS) is 16.0. The monoisotopic (exact) mass is 927 g/mol. The SMILES string of the molecule is CCCC[C@H]1CCc2nc(CC(=O)CCC(=O)NCCSC3CC(=O)N(CCC(=O)NCCOCCOCCOCCOCCOCCOCCC(=O)CCC(N)=O)C3=O)sc2C1. The molecule has 0 spiro atoms. The average Bonchev–Trinajstić information content (AvgIpc) is 3.79. The number of imide groups is 1. The topological polar surface area (TPSA) is 241 Å². The van der Waals surface area contributed by atoms with Crippen molar-refractivity contribution in [2.24, 2.45) is 11.7 Å². The number of likely N-dealkylation sites (tertiary alicyclic amines) is 1. The van der Waals surface area contributed by atoms with E-state index in [2.05, 4.69) is 17.6 Å². The number of carbonyl (C=O) groups is 7. The number of amides is 5. The Morgan fingerprint density at radius 1 is 0.730 bits per heavy atom. The van der Waals surface area contributed by atoms with Crippen molar-refractivity contribution in [2.75, 3.05) is 105 Å². The summed E-state index contributed by atoms with van der Waals surface area (Å²) in [4.78, 5) is 92.0. The number of carbonyl (C=O) groups excluding carboxylic acids is 7. The van der Waals surface area contributed by atoms with E-state index in [1.807, 2.05) is 0 Å². The maximum Gasteiger partial charge on any atom is 0.242 e. The molecule has 2 heterocycles. The van der Waals surface area contributed by atoms with Crippen molar-refractivity contribution in [3.63, 3.8) is 0 Å². The van der Waals surface area contributed by atoms with Crippen LogP contribution in [0.25, 0.3) is 0 Å². The molecule has 20 heteroatoms. The van der Waals surface area contributed by atoms with Gasteiger partial charge in [0, 0.05) is 75.2 Å². The van der Waals surface area contributed by atoms with Crippen LogP contribution in [0.4, 0.5) is 0 Å². The van der Waals surface area contributed by atoms with Crippen molar-refractivity contribution in [1.82, 2.24) is 20.5 Å². The Kier molecular flexibility index (Phi) is 28.4. The van der Waals surface area contributed by atoms with E-state index in [-0.39, 0.29) is 113 Å². The first-order chi connectivity index (χ1) is 30.5. The van der Waals surface area contributed by atoms with Gasteiger partial charge in [0.25, 0.3) is 0 Å². The molecule has 0 aromatic carbocycles. The number of nitrogens with zero attached hydrogens (tertiary/aromatic N) is 2. The number of hydrogen-bond acceptors (Lipinski definition) is 16. The van der Waals surface area contributed by atoms with E-state index in [4.69, 9.17) is 39.1 Å². The smallest absolute Gasteiger partial charge is 0.242 e. The Balaban J connectivity index is 1.07. The van der Waals surface area contributed by atoms with Gasteiger partial charge in [0.2, 0.25) is 29.5 Å². The summed E-state index contributed by atoms with van der Waals surface area (Å²) in [7, 11) is 0. The van der Waals surface area contributed by atoms with Gasteiger partial charge in [-0.05, 0) is 25.2 Å². The fourth-order valence-corrected chi connectivity index (χ4v) is 8.95. The van der Waals surface area contributed by atoms with E-state index >= 15 is 0 Å². The molecule has 1 saturated heterocycles. The first-order valence-electron chi connectivity index (χ1n) is 22.3. The van der Waals surface area contributed by atoms with Gasteiger partial charge in [0.05, 0.1) is 96.6 Å². The third kappa shape index (κ3) is 24.5. The molecular weight excluding hydrogens is 859 g/mol. The van der Waals surface area contributed by atoms with E-state index < -0.39 is 11.2 Å². The first kappa shape index (κ1) is 54.0. The minimum Gasteiger partial charge on any atom is -0.379 e. The van der Waals surface area contributed by atoms with Crippen LogP contribution in [0.15, 0.2) is 0 Å². The quantitative estimate of drug-likeness (QED) is 0.0633. The fraction of sp³-hybridized carbons (Fsp3) is 0.767. The predicted molar refractivity (Wildman–Crippen MR) is 236 cm³/mol. The summed E-state index contributed by atoms with van der Waals surface area (Å²) in [5.41, 5.74) is 6.16. The minimum atomic E-state index is -0.559. The van der Waals surface area contributed by atoms with Crippen LogP contribution in [0.1, 0.15) is 93.1 Å². The van der Waals surface area contributed by atoms with Gasteiger partial charge in [-0.1, -0.05) is 26.2 Å². The van der Waals surface area contributed by atoms with Crippen LogP contribution in [-0.4, -0.2) is 161 Å². The minimum absolute atomic E-state index is 0.00269. The number of nitrogens with two attached hydrogens (primary N) is 1. The van der Waals surface area contributed by atoms with Gasteiger partial charge >= 0.3 is 0 Å². The Hall–Kier alpha value is -3.37. The number of thiazole rings is 1. The van der Waals surface area contributed by atoms with Crippen LogP contribution in [0.5, 0.6) is 0 Å². The molecule has 0 saturated carbocycles. The molecule has 1 aliphatic heterocycles. The van der Waals surface area contributed by atoms with Gasteiger partial charge in [-0.15, -0.1) is 23.1 Å². The van der Waals surface area contributed by atoms with Gasteiger partial charge < -0.3 is 44.8 Å². The Labute approximate surface area is 379 Å². The number of thioether (sulfide) groups is 1. The van der Waals surface area contributed by atoms with Crippen molar-refractivity contribution in [3.8, 4) is 0 Å². The van der Waals surface area contributed by atoms with Crippen LogP contribution in [0, 0.1) is 5.92 Å². The lowest BCUT2D eigenvalue weighted by Crippen LogP contribution is -2.36. The molecule has 3 rings (SSSR count). The number of hydrogen-bond donors (Lipinski definition) is 3. The molecule has 1 unspecified atom stereocenters. The Morgan fingerprint density at radius 3 is 1.95 bits per heavy atom. The van der Waals surface area contributed by atoms with E-state index in [0.717, 1.165) is 28.4 Å². The highest BCUT2D eigenvalue weighted by atomic mass is 32.2. The zero-order chi connectivity index (χ0) is 45.5. The third-order valence-electron chi connectivity index (χ3n) is 10.1. The summed E-state index contributed by atoms with van der Waals surface area (Å²) in [6.45, 7) is 7.24. The second kappa shape index (κ2) is 33.2. The number of ether oxygens (including phenoxy) is 6. The molecule has 2 atom stereocenters. The zero-order valence-corrected chi connectivity index (χ0v) is 38.6. The lowest BCUT2D eigenvalue weighted by atomic mass is 9.87. The standard InChI is InChI=1S/C43H69N5O13S2/c1-2-3-4-32-5-8-35-36(29-32)63-41(47-35)30-34(50)7-10-39(52)46-14-28-62-37-31-42(54)48(43(37)55)15-11-40(53)45-13-17-57-19-21-59-23-25-61-27-26-60-24-22-58-20-18-56-16-12-33(49)6-9-38(44)51/h32,37H,2-31H2,1H3,(H2,44,51)(H,45,53)(H,46,52)/t32-,37?/m0/s1. The maximum atomic E-state index is 12.8. The van der Waals surface area contributed by atoms with Crippen molar-refractivity contribution in [2.45, 2.75) is 102 Å². The summed E-state index contributed by atoms with van der Waals surface area (Å²) in [6.07, 6.45) is 7.90. The molecule has 0 bridgehead atoms. The molecule has 1 aromatic heterocycles. The molecule has 5 amide bonds. The van der Waals surface area contributed by atoms with Crippen LogP contribution in [0.2, 0.25) is 0 Å². The molecule has 1 fully saturated rings. The number of unbranched alkanes of at least 4 members (excludes halogenated alkanes) is 1. The molecule has 2 aliphatic rings. The highest BCUT2D eigenvalue weighted by Crippen LogP contribution is 2.33. The Morgan fingerprint density at radius 2 is 1.32 bits per heavy atom. The summed E-state index contributed by atoms with van der Waals surface area (Å²) in [5.74, 6) is -0.583. The predicted octanol–water partition coefficient (Wildman–Crippen LogP) is 2.14. The zero-order valence-electron chi connectivity index (χ0n) is 37.0. The summed E-state index contributed by atoms with van der Waals surface area (Å²) >= 11 is 2.94. The fourth-order valence-electron chi connectivity index (χ4n) is 6.66. The van der Waals surface area contributed by atoms with E-state index in [9.17, 15) is 33.6 Å². The molecule has 18 nitrogen and oxygen atoms in total. The number of aryl methyl sites for hydroxylation is 1. The molecular formula is C43H69N5O13S2. The molecule has 63 heavy (non-hydrogen) atoms. The van der Waals surface area contributed by atoms with Gasteiger partial charge in [-0.2, -0.15) is 0 Å². The van der Waals surface area contributed by atoms with Crippen molar-refractivity contribution in [1.29, 1.82) is 0 Å². The maximum absolute atomic E-state index is 12.8. The molecule has 0 radical (unpaired) electrons. The molecule has 4 N–H and O–H groups in total. The van der Waals surface area contributed by atoms with Crippen LogP contribution in [-0.2, 0) is 81.2 Å². The van der Waals surface area contributed by atoms with Crippen LogP contribution in [0.3, 0.4) is 0 Å². The first-order valence-corrected chi connectivity index (χ1v) is 24.2. The molecule has 1 aliphatic carbocycles. The largest absolute Gasteiger partial charge is 0.379 e. The second-order valence-corrected chi connectivity index (χ2v) is 17.7. The summed E-state index contributed by atoms with van der Waals surface area (Å²) in [6, 6.07) is 0. The molecule has 1 aromatic rings. The number of Topliss-reactive ketones (excluding diaryl/α,β-unsaturated/α-hetero) is 2. The molecule has 356 valence electrons. The van der Waals surface area contributed by atoms with Gasteiger partial charge in [0.1, 0.15) is 16.6 Å². The summed E-state index contributed by atoms with van der Waals surface area (Å²) in [5, 5.41) is 5.81. The number of nitrogens with one attached hydrogen (secondary N) is 2. The number of rotatable bonds is 39. The van der Waals surface area contributed by atoms with E-state index in [0.29, 0.717) is 84.3 Å². The lowest BCUT2D eigenvalue weighted by molar-refractivity contribution is -0.138. The lowest BCUT2D eigenvalue weighted by Gasteiger charge is -2.20. The van der Waals surface area contributed by atoms with Gasteiger partial charge in [-0.25, -0.2) is 4.98 Å². The van der Waals surface area contributed by atoms with E-state index in [1.54, 1.807) is 11.3 Å². The van der Waals surface area contributed by atoms with Gasteiger partial charge in [-0.3, -0.25) is 38.5 Å². The second-order valence-electron chi connectivity index (χ2n) is 15.3. The highest BCUT2D eigenvalue weighted by molar-refractivity contribution is 8.00. The van der Waals surface area contributed by atoms with Crippen LogP contribution >= 0.6 is 23.1 Å². The number of primary amides is 1. The van der Waals surface area contributed by atoms with Crippen molar-refractivity contribution >= 4 is 64.2 Å². The van der Waals surface area contributed by atoms with Crippen molar-refractivity contribution < 1.29 is 62.0 Å². The summed E-state index contributed by atoms with van der Waals surface area (Å²) < 4.78 is 32.5. The average molecular weight is 928 g/mol. The third-order valence-corrected chi connectivity index (χ3v) is 12.5. The number of ketones is 2. The van der Waals surface area contributed by atoms with Crippen LogP contribution < -0.4 is 16.4 Å². The Bertz CT molecular complexity index is 1560. The number of fused-ring (bicyclic) bond motifs is 1. The number of aromatic nitrogens is 1. The highest BCUT2D eigenvalue weighted by Gasteiger charge is 2.38.